The zero-order chi connectivity index (χ0) is 45.5. The number of imidazole rings is 1. The molecule has 62 heavy (non-hydrogen) atoms. The van der Waals surface area contributed by atoms with Crippen LogP contribution in [-0.4, -0.2) is 14.1 Å². The fourth-order valence-corrected chi connectivity index (χ4v) is 8.67. The molecule has 11 rings (SSSR count). The van der Waals surface area contributed by atoms with Gasteiger partial charge in [-0.05, 0) is 75.2 Å². The summed E-state index contributed by atoms with van der Waals surface area (Å²) in [6.07, 6.45) is 3.51. The van der Waals surface area contributed by atoms with Crippen LogP contribution >= 0.6 is 0 Å². The first-order valence-corrected chi connectivity index (χ1v) is 20.6. The summed E-state index contributed by atoms with van der Waals surface area (Å²) in [5.41, 5.74) is 12.0. The van der Waals surface area contributed by atoms with Crippen molar-refractivity contribution in [3.63, 3.8) is 0 Å². The van der Waals surface area contributed by atoms with Crippen LogP contribution in [0.5, 0.6) is 0 Å². The zero-order valence-electron chi connectivity index (χ0n) is 39.4. The number of ether oxygens (including phenoxy) is 1. The number of hydrogen-bond donors (Lipinski definition) is 0. The van der Waals surface area contributed by atoms with Crippen LogP contribution in [0.2, 0.25) is 0 Å². The van der Waals surface area contributed by atoms with Crippen molar-refractivity contribution in [3.8, 4) is 39.4 Å². The van der Waals surface area contributed by atoms with Crippen LogP contribution in [0.25, 0.3) is 72.3 Å². The molecule has 0 bridgehead atoms. The van der Waals surface area contributed by atoms with Gasteiger partial charge in [0.2, 0.25) is 0 Å². The van der Waals surface area contributed by atoms with Gasteiger partial charge in [-0.2, -0.15) is 53.6 Å². The van der Waals surface area contributed by atoms with Crippen molar-refractivity contribution >= 4 is 32.8 Å². The summed E-state index contributed by atoms with van der Waals surface area (Å²) in [5.74, 6) is 0.727. The third-order valence-corrected chi connectivity index (χ3v) is 11.7. The average Bonchev–Trinajstić information content (AvgIpc) is 4.05. The number of aromatic nitrogens is 4. The summed E-state index contributed by atoms with van der Waals surface area (Å²) in [6, 6.07) is 56.3. The number of para-hydroxylation sites is 3. The van der Waals surface area contributed by atoms with Crippen LogP contribution in [0.3, 0.4) is 0 Å². The minimum absolute atomic E-state index is 0. The van der Waals surface area contributed by atoms with E-state index in [9.17, 15) is 2.74 Å². The molecule has 5 nitrogen and oxygen atoms in total. The number of benzene rings is 7. The molecule has 10 aromatic rings. The van der Waals surface area contributed by atoms with E-state index < -0.39 is 13.2 Å². The van der Waals surface area contributed by atoms with E-state index in [1.165, 1.54) is 0 Å². The maximum Gasteiger partial charge on any atom is 0.268 e. The third-order valence-electron chi connectivity index (χ3n) is 11.7. The van der Waals surface area contributed by atoms with Gasteiger partial charge < -0.3 is 13.9 Å². The van der Waals surface area contributed by atoms with Crippen LogP contribution in [0.4, 0.5) is 0 Å². The Labute approximate surface area is 384 Å². The average molecular weight is 989 g/mol. The molecule has 0 spiro atoms. The van der Waals surface area contributed by atoms with E-state index in [4.69, 9.17) is 13.8 Å². The molecule has 7 aromatic carbocycles. The number of fused-ring (bicyclic) bond motifs is 5. The van der Waals surface area contributed by atoms with Crippen LogP contribution in [0.1, 0.15) is 61.0 Å². The number of hydrogen-bond acceptors (Lipinski definition) is 2. The summed E-state index contributed by atoms with van der Waals surface area (Å²) in [7, 11) is 0. The van der Waals surface area contributed by atoms with Crippen molar-refractivity contribution in [2.45, 2.75) is 52.6 Å². The molecular formula is C56H44N4OPt-2. The first-order chi connectivity index (χ1) is 31.7. The Morgan fingerprint density at radius 2 is 1.44 bits per heavy atom. The minimum atomic E-state index is -2.37. The number of pyridine rings is 1. The molecule has 0 atom stereocenters. The summed E-state index contributed by atoms with van der Waals surface area (Å²) in [5, 5.41) is 1.98. The van der Waals surface area contributed by atoms with Crippen LogP contribution < -0.4 is 4.57 Å². The van der Waals surface area contributed by atoms with Crippen LogP contribution in [0.15, 0.2) is 158 Å². The van der Waals surface area contributed by atoms with E-state index in [-0.39, 0.29) is 32.0 Å². The molecule has 4 heterocycles. The van der Waals surface area contributed by atoms with Crippen molar-refractivity contribution < 1.29 is 37.2 Å². The normalized spacial score (nSPS) is 14.2. The van der Waals surface area contributed by atoms with Crippen molar-refractivity contribution in [2.75, 3.05) is 0 Å². The standard InChI is InChI=1S/C56H44N4O.Pt/c1-37-26-48(40-15-6-5-7-16-40)55(49(27-37)41-17-13-18-44(31-41)56(2,3)4)59-36-58(51-22-10-11-23-52(51)59)45-19-12-14-38(29-45)28-39-24-25-47-46-20-8-9-21-50(46)60(53(47)30-39)54-32-42-34-61-35-43(42)33-57-54;/h5-27,31-33H,28,34-35H2,1-4H3;/q-2;/i1D3,28D2;. The smallest absolute Gasteiger partial charge is 0.268 e. The predicted molar refractivity (Wildman–Crippen MR) is 245 cm³/mol. The van der Waals surface area contributed by atoms with Gasteiger partial charge in [-0.1, -0.05) is 141 Å². The maximum absolute atomic E-state index is 9.73. The van der Waals surface area contributed by atoms with Gasteiger partial charge in [0.05, 0.1) is 29.9 Å². The first-order valence-electron chi connectivity index (χ1n) is 23.1. The van der Waals surface area contributed by atoms with Gasteiger partial charge in [0.1, 0.15) is 5.82 Å². The van der Waals surface area contributed by atoms with Crippen molar-refractivity contribution in [1.29, 1.82) is 0 Å². The van der Waals surface area contributed by atoms with Gasteiger partial charge in [0.25, 0.3) is 6.33 Å². The molecule has 0 amide bonds. The SMILES string of the molecule is [2H]C([2H])([2H])c1cc(-c2ccccc2)c(-[n+]2[c-]n(-c3[c-]c(C([2H])([2H])c4[c-]c5c(cc4)c4ccccc4n5-c4cc5c(cn4)COC5)ccc3)c3ccccc32)c(-c2cccc(C(C)(C)C)c2)c1.[Pt]. The summed E-state index contributed by atoms with van der Waals surface area (Å²) < 4.78 is 56.9. The second-order valence-electron chi connectivity index (χ2n) is 16.7. The van der Waals surface area contributed by atoms with Gasteiger partial charge in [-0.3, -0.25) is 4.57 Å². The monoisotopic (exact) mass is 988 g/mol. The van der Waals surface area contributed by atoms with Crippen LogP contribution in [0, 0.1) is 25.3 Å². The van der Waals surface area contributed by atoms with Gasteiger partial charge in [-0.25, -0.2) is 4.98 Å². The molecule has 0 unspecified atom stereocenters. The number of rotatable bonds is 7. The maximum atomic E-state index is 9.73. The molecule has 1 aliphatic rings. The Morgan fingerprint density at radius 3 is 2.27 bits per heavy atom. The number of aryl methyl sites for hydroxylation is 1. The Morgan fingerprint density at radius 1 is 0.710 bits per heavy atom. The van der Waals surface area contributed by atoms with E-state index in [0.717, 1.165) is 83.3 Å². The van der Waals surface area contributed by atoms with Gasteiger partial charge in [-0.15, -0.1) is 5.39 Å². The second kappa shape index (κ2) is 15.8. The largest absolute Gasteiger partial charge is 0.372 e. The van der Waals surface area contributed by atoms with E-state index in [1.807, 2.05) is 118 Å². The first kappa shape index (κ1) is 34.2. The molecule has 0 aliphatic carbocycles. The molecule has 0 fully saturated rings. The molecule has 6 heteroatoms. The molecule has 3 aromatic heterocycles. The Bertz CT molecular complexity index is 3530. The van der Waals surface area contributed by atoms with Gasteiger partial charge >= 0.3 is 0 Å². The molecule has 0 saturated heterocycles. The van der Waals surface area contributed by atoms with E-state index in [2.05, 4.69) is 74.1 Å². The summed E-state index contributed by atoms with van der Waals surface area (Å²) >= 11 is 0. The topological polar surface area (TPSA) is 35.9 Å². The Kier molecular flexibility index (Phi) is 8.73. The number of nitrogens with zero attached hydrogens (tertiary/aromatic N) is 4. The molecule has 0 saturated carbocycles. The molecule has 1 aliphatic heterocycles. The molecule has 0 radical (unpaired) electrons. The van der Waals surface area contributed by atoms with E-state index in [0.29, 0.717) is 30.0 Å². The fraction of sp³-hybridized carbons (Fsp3) is 0.143. The van der Waals surface area contributed by atoms with Crippen LogP contribution in [-0.2, 0) is 50.8 Å². The third kappa shape index (κ3) is 7.00. The van der Waals surface area contributed by atoms with Crippen molar-refractivity contribution in [3.05, 3.63) is 210 Å². The minimum Gasteiger partial charge on any atom is -0.372 e. The molecular weight excluding hydrogens is 940 g/mol. The fourth-order valence-electron chi connectivity index (χ4n) is 8.67. The Balaban J connectivity index is 0.00000525. The van der Waals surface area contributed by atoms with Crippen molar-refractivity contribution in [2.24, 2.45) is 0 Å². The molecule has 0 N–H and O–H groups in total. The predicted octanol–water partition coefficient (Wildman–Crippen LogP) is 12.4. The summed E-state index contributed by atoms with van der Waals surface area (Å²) in [6.45, 7) is 5.20. The summed E-state index contributed by atoms with van der Waals surface area (Å²) in [4.78, 5) is 4.84. The zero-order valence-corrected chi connectivity index (χ0v) is 36.7. The van der Waals surface area contributed by atoms with Gasteiger partial charge in [0.15, 0.2) is 0 Å². The van der Waals surface area contributed by atoms with Gasteiger partial charge in [0, 0.05) is 45.2 Å². The van der Waals surface area contributed by atoms with E-state index in [1.54, 1.807) is 18.2 Å². The van der Waals surface area contributed by atoms with E-state index >= 15 is 0 Å². The molecule has 306 valence electrons. The second-order valence-corrected chi connectivity index (χ2v) is 16.7. The Hall–Kier alpha value is -6.39. The van der Waals surface area contributed by atoms with Crippen molar-refractivity contribution in [1.82, 2.24) is 14.1 Å². The quantitative estimate of drug-likeness (QED) is 0.118.